The van der Waals surface area contributed by atoms with Crippen LogP contribution in [0.5, 0.6) is 0 Å². The van der Waals surface area contributed by atoms with Crippen molar-refractivity contribution in [3.05, 3.63) is 23.0 Å². The van der Waals surface area contributed by atoms with Crippen LogP contribution in [0.2, 0.25) is 5.02 Å². The molecule has 1 aliphatic carbocycles. The molecule has 0 amide bonds. The zero-order chi connectivity index (χ0) is 13.1. The first-order valence-electron chi connectivity index (χ1n) is 6.57. The van der Waals surface area contributed by atoms with Gasteiger partial charge in [-0.15, -0.1) is 0 Å². The lowest BCUT2D eigenvalue weighted by Crippen LogP contribution is -2.19. The van der Waals surface area contributed by atoms with Crippen LogP contribution in [-0.4, -0.2) is 6.04 Å². The van der Waals surface area contributed by atoms with E-state index in [1.54, 1.807) is 0 Å². The molecule has 2 atom stereocenters. The predicted molar refractivity (Wildman–Crippen MR) is 75.5 cm³/mol. The predicted octanol–water partition coefficient (Wildman–Crippen LogP) is 4.44. The van der Waals surface area contributed by atoms with Gasteiger partial charge in [-0.2, -0.15) is 0 Å². The molecule has 18 heavy (non-hydrogen) atoms. The second-order valence-corrected chi connectivity index (χ2v) is 5.72. The molecule has 0 bridgehead atoms. The molecule has 2 rings (SSSR count). The Balaban J connectivity index is 2.06. The Kier molecular flexibility index (Phi) is 4.33. The van der Waals surface area contributed by atoms with Crippen LogP contribution < -0.4 is 11.1 Å². The van der Waals surface area contributed by atoms with Gasteiger partial charge in [0.2, 0.25) is 0 Å². The summed E-state index contributed by atoms with van der Waals surface area (Å²) in [7, 11) is 0. The highest BCUT2D eigenvalue weighted by Gasteiger charge is 2.17. The lowest BCUT2D eigenvalue weighted by molar-refractivity contribution is 0.502. The van der Waals surface area contributed by atoms with Crippen LogP contribution in [0.25, 0.3) is 0 Å². The highest BCUT2D eigenvalue weighted by atomic mass is 35.5. The minimum Gasteiger partial charge on any atom is -0.397 e. The molecule has 1 aliphatic rings. The van der Waals surface area contributed by atoms with Gasteiger partial charge >= 0.3 is 0 Å². The standard InChI is InChI=1S/C14H20ClFN2/c1-9-3-2-4-10(6-5-9)18-14-8-12(16)11(15)7-13(14)17/h7-10,18H,2-6,17H2,1H3. The largest absolute Gasteiger partial charge is 0.397 e. The number of hydrogen-bond donors (Lipinski definition) is 2. The van der Waals surface area contributed by atoms with Gasteiger partial charge in [0.1, 0.15) is 5.82 Å². The first-order chi connectivity index (χ1) is 8.56. The fourth-order valence-electron chi connectivity index (χ4n) is 2.54. The van der Waals surface area contributed by atoms with E-state index < -0.39 is 5.82 Å². The van der Waals surface area contributed by atoms with E-state index in [1.165, 1.54) is 31.4 Å². The van der Waals surface area contributed by atoms with Crippen LogP contribution in [0, 0.1) is 11.7 Å². The van der Waals surface area contributed by atoms with Gasteiger partial charge in [-0.25, -0.2) is 4.39 Å². The average Bonchev–Trinajstić information content (AvgIpc) is 2.51. The third kappa shape index (κ3) is 3.29. The first kappa shape index (κ1) is 13.5. The van der Waals surface area contributed by atoms with Crippen molar-refractivity contribution < 1.29 is 4.39 Å². The molecule has 3 N–H and O–H groups in total. The highest BCUT2D eigenvalue weighted by molar-refractivity contribution is 6.31. The number of benzene rings is 1. The van der Waals surface area contributed by atoms with Gasteiger partial charge in [0, 0.05) is 12.1 Å². The second kappa shape index (κ2) is 5.79. The molecular formula is C14H20ClFN2. The number of nitrogens with one attached hydrogen (secondary N) is 1. The van der Waals surface area contributed by atoms with Gasteiger partial charge < -0.3 is 11.1 Å². The molecule has 0 radical (unpaired) electrons. The van der Waals surface area contributed by atoms with Gasteiger partial charge in [-0.05, 0) is 31.2 Å². The summed E-state index contributed by atoms with van der Waals surface area (Å²) >= 11 is 5.69. The number of anilines is 2. The van der Waals surface area contributed by atoms with Crippen molar-refractivity contribution in [3.8, 4) is 0 Å². The SMILES string of the molecule is CC1CCCC(Nc2cc(F)c(Cl)cc2N)CC1. The maximum atomic E-state index is 13.4. The summed E-state index contributed by atoms with van der Waals surface area (Å²) in [5.74, 6) is 0.367. The van der Waals surface area contributed by atoms with Crippen LogP contribution in [0.15, 0.2) is 12.1 Å². The van der Waals surface area contributed by atoms with Crippen molar-refractivity contribution in [2.75, 3.05) is 11.1 Å². The van der Waals surface area contributed by atoms with Crippen molar-refractivity contribution in [1.29, 1.82) is 0 Å². The number of rotatable bonds is 2. The third-order valence-electron chi connectivity index (χ3n) is 3.71. The van der Waals surface area contributed by atoms with E-state index in [4.69, 9.17) is 17.3 Å². The van der Waals surface area contributed by atoms with E-state index in [0.29, 0.717) is 17.4 Å². The Bertz CT molecular complexity index is 423. The molecule has 0 aliphatic heterocycles. The van der Waals surface area contributed by atoms with E-state index in [2.05, 4.69) is 12.2 Å². The summed E-state index contributed by atoms with van der Waals surface area (Å²) in [6, 6.07) is 3.25. The van der Waals surface area contributed by atoms with E-state index in [1.807, 2.05) is 0 Å². The number of hydrogen-bond acceptors (Lipinski definition) is 2. The van der Waals surface area contributed by atoms with E-state index >= 15 is 0 Å². The summed E-state index contributed by atoms with van der Waals surface area (Å²) in [5.41, 5.74) is 7.04. The summed E-state index contributed by atoms with van der Waals surface area (Å²) in [4.78, 5) is 0. The van der Waals surface area contributed by atoms with Crippen molar-refractivity contribution in [1.82, 2.24) is 0 Å². The molecule has 0 aromatic heterocycles. The maximum Gasteiger partial charge on any atom is 0.143 e. The van der Waals surface area contributed by atoms with Gasteiger partial charge in [-0.1, -0.05) is 31.4 Å². The average molecular weight is 271 g/mol. The highest BCUT2D eigenvalue weighted by Crippen LogP contribution is 2.30. The Labute approximate surface area is 113 Å². The molecule has 0 spiro atoms. The Morgan fingerprint density at radius 2 is 2.06 bits per heavy atom. The minimum absolute atomic E-state index is 0.0764. The molecule has 2 nitrogen and oxygen atoms in total. The molecule has 0 heterocycles. The van der Waals surface area contributed by atoms with Crippen LogP contribution in [0.3, 0.4) is 0 Å². The molecule has 4 heteroatoms. The monoisotopic (exact) mass is 270 g/mol. The van der Waals surface area contributed by atoms with Crippen LogP contribution in [0.4, 0.5) is 15.8 Å². The summed E-state index contributed by atoms with van der Waals surface area (Å²) in [6.07, 6.45) is 5.95. The number of halogens is 2. The van der Waals surface area contributed by atoms with Crippen molar-refractivity contribution in [2.24, 2.45) is 5.92 Å². The number of nitrogen functional groups attached to an aromatic ring is 1. The van der Waals surface area contributed by atoms with Gasteiger partial charge in [0.15, 0.2) is 0 Å². The van der Waals surface area contributed by atoms with Gasteiger partial charge in [0.25, 0.3) is 0 Å². The molecule has 1 aromatic carbocycles. The molecule has 1 aromatic rings. The minimum atomic E-state index is -0.421. The second-order valence-electron chi connectivity index (χ2n) is 5.31. The summed E-state index contributed by atoms with van der Waals surface area (Å²) in [5, 5.41) is 3.43. The molecule has 1 fully saturated rings. The van der Waals surface area contributed by atoms with Crippen LogP contribution in [-0.2, 0) is 0 Å². The van der Waals surface area contributed by atoms with Gasteiger partial charge in [-0.3, -0.25) is 0 Å². The number of nitrogens with two attached hydrogens (primary N) is 1. The summed E-state index contributed by atoms with van der Waals surface area (Å²) in [6.45, 7) is 2.29. The Morgan fingerprint density at radius 1 is 1.28 bits per heavy atom. The zero-order valence-electron chi connectivity index (χ0n) is 10.7. The fraction of sp³-hybridized carbons (Fsp3) is 0.571. The first-order valence-corrected chi connectivity index (χ1v) is 6.95. The van der Waals surface area contributed by atoms with E-state index in [-0.39, 0.29) is 5.02 Å². The molecule has 2 unspecified atom stereocenters. The topological polar surface area (TPSA) is 38.0 Å². The molecule has 100 valence electrons. The smallest absolute Gasteiger partial charge is 0.143 e. The molecule has 1 saturated carbocycles. The van der Waals surface area contributed by atoms with E-state index in [9.17, 15) is 4.39 Å². The molecular weight excluding hydrogens is 251 g/mol. The Morgan fingerprint density at radius 3 is 2.83 bits per heavy atom. The summed E-state index contributed by atoms with van der Waals surface area (Å²) < 4.78 is 13.4. The van der Waals surface area contributed by atoms with Crippen molar-refractivity contribution in [3.63, 3.8) is 0 Å². The van der Waals surface area contributed by atoms with Crippen molar-refractivity contribution >= 4 is 23.0 Å². The lowest BCUT2D eigenvalue weighted by atomic mass is 10.0. The van der Waals surface area contributed by atoms with Gasteiger partial charge in [0.05, 0.1) is 16.4 Å². The lowest BCUT2D eigenvalue weighted by Gasteiger charge is -2.19. The maximum absolute atomic E-state index is 13.4. The zero-order valence-corrected chi connectivity index (χ0v) is 11.4. The third-order valence-corrected chi connectivity index (χ3v) is 4.00. The van der Waals surface area contributed by atoms with Crippen molar-refractivity contribution in [2.45, 2.75) is 45.1 Å². The molecule has 0 saturated heterocycles. The van der Waals surface area contributed by atoms with Crippen LogP contribution >= 0.6 is 11.6 Å². The van der Waals surface area contributed by atoms with E-state index in [0.717, 1.165) is 18.8 Å². The quantitative estimate of drug-likeness (QED) is 0.616. The van der Waals surface area contributed by atoms with Crippen LogP contribution in [0.1, 0.15) is 39.0 Å². The fourth-order valence-corrected chi connectivity index (χ4v) is 2.71. The normalized spacial score (nSPS) is 24.6. The Hall–Kier alpha value is -0.960.